The second kappa shape index (κ2) is 3.55. The van der Waals surface area contributed by atoms with E-state index in [1.165, 1.54) is 6.07 Å². The van der Waals surface area contributed by atoms with Crippen LogP contribution in [0.5, 0.6) is 0 Å². The number of anilines is 1. The number of rotatable bonds is 1. The smallest absolute Gasteiger partial charge is 0.213 e. The number of H-pyrrole nitrogens is 1. The van der Waals surface area contributed by atoms with Gasteiger partial charge < -0.3 is 5.73 Å². The molecule has 3 rings (SSSR count). The van der Waals surface area contributed by atoms with E-state index in [9.17, 15) is 4.39 Å². The third-order valence-corrected chi connectivity index (χ3v) is 2.54. The van der Waals surface area contributed by atoms with Crippen LogP contribution in [0.15, 0.2) is 36.4 Å². The summed E-state index contributed by atoms with van der Waals surface area (Å²) in [4.78, 5) is 3.81. The number of hydrogen-bond donors (Lipinski definition) is 2. The highest BCUT2D eigenvalue weighted by Crippen LogP contribution is 2.26. The van der Waals surface area contributed by atoms with Gasteiger partial charge in [-0.1, -0.05) is 6.07 Å². The molecule has 0 aliphatic carbocycles. The fraction of sp³-hybridized carbons (Fsp3) is 0. The van der Waals surface area contributed by atoms with Crippen LogP contribution in [0, 0.1) is 5.95 Å². The van der Waals surface area contributed by atoms with Gasteiger partial charge in [0.2, 0.25) is 5.95 Å². The minimum absolute atomic E-state index is 0.488. The maximum atomic E-state index is 13.1. The van der Waals surface area contributed by atoms with Crippen molar-refractivity contribution < 1.29 is 4.39 Å². The van der Waals surface area contributed by atoms with Gasteiger partial charge in [-0.2, -0.15) is 9.49 Å². The number of halogens is 1. The first kappa shape index (κ1) is 9.77. The first-order chi connectivity index (χ1) is 8.24. The van der Waals surface area contributed by atoms with Crippen molar-refractivity contribution in [3.63, 3.8) is 0 Å². The summed E-state index contributed by atoms with van der Waals surface area (Å²) in [5.74, 6) is -0.525. The summed E-state index contributed by atoms with van der Waals surface area (Å²) in [5.41, 5.74) is 8.30. The zero-order valence-corrected chi connectivity index (χ0v) is 8.81. The van der Waals surface area contributed by atoms with Crippen LogP contribution < -0.4 is 5.73 Å². The van der Waals surface area contributed by atoms with Crippen LogP contribution in [0.2, 0.25) is 0 Å². The Labute approximate surface area is 96.3 Å². The van der Waals surface area contributed by atoms with Crippen molar-refractivity contribution in [3.05, 3.63) is 42.3 Å². The summed E-state index contributed by atoms with van der Waals surface area (Å²) in [5, 5.41) is 7.84. The van der Waals surface area contributed by atoms with E-state index in [4.69, 9.17) is 5.73 Å². The van der Waals surface area contributed by atoms with Gasteiger partial charge in [0.25, 0.3) is 0 Å². The average molecular weight is 228 g/mol. The van der Waals surface area contributed by atoms with Gasteiger partial charge in [-0.25, -0.2) is 4.98 Å². The summed E-state index contributed by atoms with van der Waals surface area (Å²) in [6.45, 7) is 0. The van der Waals surface area contributed by atoms with E-state index >= 15 is 0 Å². The van der Waals surface area contributed by atoms with E-state index in [0.717, 1.165) is 10.9 Å². The number of nitrogens with one attached hydrogen (secondary N) is 1. The van der Waals surface area contributed by atoms with Crippen LogP contribution in [0.4, 0.5) is 10.1 Å². The number of nitrogens with two attached hydrogens (primary N) is 1. The van der Waals surface area contributed by atoms with Crippen molar-refractivity contribution >= 4 is 16.6 Å². The Morgan fingerprint density at radius 2 is 2.06 bits per heavy atom. The average Bonchev–Trinajstić information content (AvgIpc) is 2.71. The third kappa shape index (κ3) is 1.61. The van der Waals surface area contributed by atoms with Crippen molar-refractivity contribution in [1.82, 2.24) is 15.2 Å². The van der Waals surface area contributed by atoms with E-state index in [1.54, 1.807) is 24.3 Å². The Bertz CT molecular complexity index is 690. The van der Waals surface area contributed by atoms with Crippen LogP contribution in [-0.4, -0.2) is 15.2 Å². The quantitative estimate of drug-likeness (QED) is 0.496. The van der Waals surface area contributed by atoms with Gasteiger partial charge in [0.15, 0.2) is 0 Å². The number of hydrogen-bond acceptors (Lipinski definition) is 3. The molecule has 3 N–H and O–H groups in total. The molecule has 84 valence electrons. The molecule has 0 saturated heterocycles. The molecule has 17 heavy (non-hydrogen) atoms. The first-order valence-corrected chi connectivity index (χ1v) is 5.10. The largest absolute Gasteiger partial charge is 0.399 e. The second-order valence-corrected chi connectivity index (χ2v) is 3.72. The zero-order chi connectivity index (χ0) is 11.8. The molecule has 0 aliphatic rings. The standard InChI is InChI=1S/C12H9FN4/c13-11-3-1-2-10(15-11)12-8-6-7(14)4-5-9(8)16-17-12/h1-6H,14H2,(H,16,17). The van der Waals surface area contributed by atoms with Crippen molar-refractivity contribution in [2.75, 3.05) is 5.73 Å². The van der Waals surface area contributed by atoms with E-state index < -0.39 is 5.95 Å². The molecule has 0 unspecified atom stereocenters. The Morgan fingerprint density at radius 1 is 1.18 bits per heavy atom. The topological polar surface area (TPSA) is 67.6 Å². The first-order valence-electron chi connectivity index (χ1n) is 5.10. The fourth-order valence-corrected chi connectivity index (χ4v) is 1.77. The summed E-state index contributed by atoms with van der Waals surface area (Å²) in [6, 6.07) is 10.0. The molecule has 0 amide bonds. The summed E-state index contributed by atoms with van der Waals surface area (Å²) < 4.78 is 13.1. The molecule has 4 nitrogen and oxygen atoms in total. The third-order valence-electron chi connectivity index (χ3n) is 2.54. The number of pyridine rings is 1. The molecule has 0 bridgehead atoms. The summed E-state index contributed by atoms with van der Waals surface area (Å²) in [6.07, 6.45) is 0. The van der Waals surface area contributed by atoms with Crippen LogP contribution >= 0.6 is 0 Å². The van der Waals surface area contributed by atoms with Crippen molar-refractivity contribution in [2.24, 2.45) is 0 Å². The molecule has 0 spiro atoms. The normalized spacial score (nSPS) is 10.9. The predicted octanol–water partition coefficient (Wildman–Crippen LogP) is 2.35. The second-order valence-electron chi connectivity index (χ2n) is 3.72. The lowest BCUT2D eigenvalue weighted by atomic mass is 10.1. The Morgan fingerprint density at radius 3 is 2.88 bits per heavy atom. The van der Waals surface area contributed by atoms with Gasteiger partial charge in [-0.15, -0.1) is 0 Å². The SMILES string of the molecule is Nc1ccc2[nH]nc(-c3cccc(F)n3)c2c1. The lowest BCUT2D eigenvalue weighted by Crippen LogP contribution is -1.88. The molecule has 2 aromatic heterocycles. The minimum Gasteiger partial charge on any atom is -0.399 e. The van der Waals surface area contributed by atoms with Gasteiger partial charge in [0.05, 0.1) is 11.2 Å². The van der Waals surface area contributed by atoms with Crippen molar-refractivity contribution in [2.45, 2.75) is 0 Å². The molecular weight excluding hydrogens is 219 g/mol. The van der Waals surface area contributed by atoms with E-state index in [1.807, 2.05) is 6.07 Å². The van der Waals surface area contributed by atoms with Crippen LogP contribution in [0.1, 0.15) is 0 Å². The zero-order valence-electron chi connectivity index (χ0n) is 8.81. The lowest BCUT2D eigenvalue weighted by molar-refractivity contribution is 0.585. The highest BCUT2D eigenvalue weighted by molar-refractivity contribution is 5.93. The van der Waals surface area contributed by atoms with E-state index in [2.05, 4.69) is 15.2 Å². The Hall–Kier alpha value is -2.43. The summed E-state index contributed by atoms with van der Waals surface area (Å²) in [7, 11) is 0. The molecule has 0 fully saturated rings. The molecule has 0 atom stereocenters. The van der Waals surface area contributed by atoms with Crippen LogP contribution in [-0.2, 0) is 0 Å². The molecule has 0 radical (unpaired) electrons. The highest BCUT2D eigenvalue weighted by Gasteiger charge is 2.09. The number of nitrogens with zero attached hydrogens (tertiary/aromatic N) is 2. The van der Waals surface area contributed by atoms with Gasteiger partial charge in [0, 0.05) is 11.1 Å². The van der Waals surface area contributed by atoms with Gasteiger partial charge in [-0.05, 0) is 30.3 Å². The molecule has 5 heteroatoms. The monoisotopic (exact) mass is 228 g/mol. The predicted molar refractivity (Wildman–Crippen MR) is 63.7 cm³/mol. The number of aromatic nitrogens is 3. The van der Waals surface area contributed by atoms with Gasteiger partial charge in [0.1, 0.15) is 5.69 Å². The van der Waals surface area contributed by atoms with Crippen LogP contribution in [0.25, 0.3) is 22.3 Å². The molecular formula is C12H9FN4. The minimum atomic E-state index is -0.525. The molecule has 2 heterocycles. The van der Waals surface area contributed by atoms with Crippen LogP contribution in [0.3, 0.4) is 0 Å². The molecule has 0 saturated carbocycles. The number of fused-ring (bicyclic) bond motifs is 1. The highest BCUT2D eigenvalue weighted by atomic mass is 19.1. The Kier molecular flexibility index (Phi) is 2.04. The van der Waals surface area contributed by atoms with Crippen molar-refractivity contribution in [1.29, 1.82) is 0 Å². The van der Waals surface area contributed by atoms with Crippen molar-refractivity contribution in [3.8, 4) is 11.4 Å². The van der Waals surface area contributed by atoms with E-state index in [0.29, 0.717) is 17.1 Å². The fourth-order valence-electron chi connectivity index (χ4n) is 1.77. The van der Waals surface area contributed by atoms with Gasteiger partial charge >= 0.3 is 0 Å². The maximum Gasteiger partial charge on any atom is 0.213 e. The Balaban J connectivity index is 2.27. The number of aromatic amines is 1. The van der Waals surface area contributed by atoms with Gasteiger partial charge in [-0.3, -0.25) is 5.10 Å². The number of benzene rings is 1. The van der Waals surface area contributed by atoms with E-state index in [-0.39, 0.29) is 0 Å². The summed E-state index contributed by atoms with van der Waals surface area (Å²) >= 11 is 0. The lowest BCUT2D eigenvalue weighted by Gasteiger charge is -1.98. The maximum absolute atomic E-state index is 13.1. The molecule has 1 aromatic carbocycles. The molecule has 0 aliphatic heterocycles. The number of nitrogen functional groups attached to an aromatic ring is 1. The molecule has 3 aromatic rings.